The van der Waals surface area contributed by atoms with Crippen LogP contribution in [0.1, 0.15) is 50.3 Å². The molecule has 6 aromatic rings. The molecule has 30 N–H and O–H groups in total. The first-order chi connectivity index (χ1) is 58.0. The maximum absolute atomic E-state index is 14.9. The predicted molar refractivity (Wildman–Crippen MR) is 424 cm³/mol. The fourth-order valence-corrected chi connectivity index (χ4v) is 12.0. The lowest BCUT2D eigenvalue weighted by Gasteiger charge is -2.27. The minimum absolute atomic E-state index is 0.121. The fraction of sp³-hybridized carbons (Fsp3) is 0.440. The van der Waals surface area contributed by atoms with Crippen molar-refractivity contribution >= 4 is 139 Å². The van der Waals surface area contributed by atoms with Crippen LogP contribution in [0.25, 0.3) is 32.7 Å². The number of aromatic amines is 3. The molecule has 0 fully saturated rings. The monoisotopic (exact) mass is 1710 g/mol. The molecule has 13 atom stereocenters. The highest BCUT2D eigenvalue weighted by Crippen LogP contribution is 2.23. The van der Waals surface area contributed by atoms with Crippen molar-refractivity contribution in [2.24, 2.45) is 11.7 Å². The van der Waals surface area contributed by atoms with Gasteiger partial charge in [0.25, 0.3) is 0 Å². The number of carboxylic acid groups (broad SMARTS) is 2. The number of benzene rings is 3. The van der Waals surface area contributed by atoms with Crippen LogP contribution in [0.4, 0.5) is 0 Å². The van der Waals surface area contributed by atoms with Crippen molar-refractivity contribution in [1.82, 2.24) is 100 Å². The summed E-state index contributed by atoms with van der Waals surface area (Å²) in [5, 5.41) is 126. The normalized spacial score (nSPS) is 14.4. The molecule has 0 aliphatic rings. The molecule has 47 nitrogen and oxygen atoms in total. The van der Waals surface area contributed by atoms with Gasteiger partial charge in [0.15, 0.2) is 0 Å². The molecule has 0 unspecified atom stereocenters. The number of carbonyl (C=O) groups excluding carboxylic acids is 16. The summed E-state index contributed by atoms with van der Waals surface area (Å²) < 4.78 is 0. The van der Waals surface area contributed by atoms with Crippen LogP contribution >= 0.6 is 0 Å². The van der Waals surface area contributed by atoms with Crippen molar-refractivity contribution in [2.45, 2.75) is 131 Å². The molecule has 0 spiro atoms. The van der Waals surface area contributed by atoms with E-state index in [1.165, 1.54) is 12.4 Å². The van der Waals surface area contributed by atoms with E-state index in [2.05, 4.69) is 78.8 Å². The Hall–Kier alpha value is -13.6. The van der Waals surface area contributed by atoms with Gasteiger partial charge in [-0.15, -0.1) is 0 Å². The molecule has 3 aromatic heterocycles. The largest absolute Gasteiger partial charge is 0.481 e. The molecular weight excluding hydrogens is 1610 g/mol. The van der Waals surface area contributed by atoms with Gasteiger partial charge in [0.1, 0.15) is 72.5 Å². The predicted octanol–water partition coefficient (Wildman–Crippen LogP) is -11.7. The number of aliphatic hydroxyl groups is 7. The van der Waals surface area contributed by atoms with E-state index in [0.29, 0.717) is 49.4 Å². The van der Waals surface area contributed by atoms with Crippen LogP contribution in [0, 0.1) is 5.92 Å². The van der Waals surface area contributed by atoms with Crippen LogP contribution in [0.2, 0.25) is 0 Å². The van der Waals surface area contributed by atoms with E-state index in [0.717, 1.165) is 6.92 Å². The second kappa shape index (κ2) is 47.9. The number of aliphatic carboxylic acids is 2. The molecular formula is C75H100N20O27. The first-order valence-electron chi connectivity index (χ1n) is 37.9. The lowest BCUT2D eigenvalue weighted by atomic mass is 10.0. The number of carboxylic acids is 2. The Kier molecular flexibility index (Phi) is 38.2. The molecule has 0 aliphatic carbocycles. The van der Waals surface area contributed by atoms with E-state index in [-0.39, 0.29) is 31.6 Å². The van der Waals surface area contributed by atoms with E-state index in [4.69, 9.17) is 15.9 Å². The summed E-state index contributed by atoms with van der Waals surface area (Å²) in [6.45, 7) is -6.45. The van der Waals surface area contributed by atoms with Crippen molar-refractivity contribution in [3.63, 3.8) is 0 Å². The topological polar surface area (TPSA) is 755 Å². The third-order valence-corrected chi connectivity index (χ3v) is 18.4. The number of hydrogen-bond acceptors (Lipinski definition) is 26. The molecule has 6 rings (SSSR count). The standard InChI is InChI=1S/C75H100N20O27/c1-35(2)16-47(93-74(120)63(36(3)102)95-72(118)50(90-64(110)43(76)29-96)19-39-23-79-46-15-9-6-12-42(39)46)65(111)80-24-57(103)85-51(20-62(108)109)71(117)94-55(33-100)73(119)92-49(18-38-22-78-45-14-8-5-11-41(38)45)70(116)91-48(17-37-21-77-44-13-7-4-10-40(37)44)66(112)81-25-58(104)86-52(30-97)67(113)82-26-59(105)87-53(31-98)68(114)83-27-60(106)88-54(32-99)69(115)84-28-61(107)89-56(34-101)75(121)122/h4-15,21-23,35-36,43,47-56,63,77-79,96-102H,16-20,24-34,76H2,1-3H3,(H,80,111)(H,81,112)(H,82,113)(H,83,114)(H,84,115)(H,85,103)(H,86,104)(H,87,105)(H,88,106)(H,89,107)(H,90,110)(H,91,116)(H,92,119)(H,93,120)(H,94,117)(H,95,118)(H,108,109)(H,121,122)/t36-,43+,47+,48+,49+,50+,51+,52+,53+,54+,55+,56+,63+/m1/s1. The molecule has 122 heavy (non-hydrogen) atoms. The van der Waals surface area contributed by atoms with E-state index in [1.807, 2.05) is 21.3 Å². The Morgan fingerprint density at radius 2 is 0.607 bits per heavy atom. The van der Waals surface area contributed by atoms with Crippen molar-refractivity contribution < 1.29 is 132 Å². The molecule has 0 bridgehead atoms. The molecule has 0 radical (unpaired) electrons. The van der Waals surface area contributed by atoms with Crippen LogP contribution in [0.5, 0.6) is 0 Å². The number of aromatic nitrogens is 3. The summed E-state index contributed by atoms with van der Waals surface area (Å²) in [6.07, 6.45) is 0.790. The number of H-pyrrole nitrogens is 3. The average Bonchev–Trinajstić information content (AvgIpc) is 1.69. The second-order valence-electron chi connectivity index (χ2n) is 28.2. The minimum Gasteiger partial charge on any atom is -0.481 e. The summed E-state index contributed by atoms with van der Waals surface area (Å²) >= 11 is 0. The molecule has 662 valence electrons. The first kappa shape index (κ1) is 97.3. The molecule has 3 heterocycles. The Morgan fingerprint density at radius 1 is 0.328 bits per heavy atom. The molecule has 0 saturated heterocycles. The van der Waals surface area contributed by atoms with Crippen LogP contribution in [-0.2, 0) is 106 Å². The van der Waals surface area contributed by atoms with Crippen LogP contribution in [-0.4, -0.2) is 318 Å². The number of nitrogens with one attached hydrogen (secondary N) is 19. The van der Waals surface area contributed by atoms with Crippen LogP contribution < -0.4 is 90.8 Å². The number of aliphatic hydroxyl groups excluding tert-OH is 7. The summed E-state index contributed by atoms with van der Waals surface area (Å²) in [6, 6.07) is -0.177. The fourth-order valence-electron chi connectivity index (χ4n) is 12.0. The van der Waals surface area contributed by atoms with E-state index in [1.54, 1.807) is 92.8 Å². The number of amides is 16. The van der Waals surface area contributed by atoms with Crippen LogP contribution in [0.3, 0.4) is 0 Å². The Bertz CT molecular complexity index is 4740. The zero-order valence-corrected chi connectivity index (χ0v) is 66.0. The Balaban J connectivity index is 1.08. The molecule has 3 aromatic carbocycles. The highest BCUT2D eigenvalue weighted by Gasteiger charge is 2.38. The SMILES string of the molecule is CC(C)C[C@H](NC(=O)[C@@H](NC(=O)[C@H](Cc1c[nH]c2ccccc12)NC(=O)[C@@H](N)CO)[C@@H](C)O)C(=O)NCC(=O)N[C@@H](CC(=O)O)C(=O)N[C@@H](CO)C(=O)N[C@@H](Cc1c[nH]c2ccccc12)C(=O)N[C@@H](Cc1c[nH]c2ccccc12)C(=O)NCC(=O)N[C@@H](CO)C(=O)NCC(=O)N[C@@H](CO)C(=O)NCC(=O)N[C@@H](CO)C(=O)NCC(=O)N[C@@H](CO)C(=O)O. The highest BCUT2D eigenvalue weighted by atomic mass is 16.4. The molecule has 0 aliphatic heterocycles. The Morgan fingerprint density at radius 3 is 0.943 bits per heavy atom. The number of rotatable bonds is 50. The number of para-hydroxylation sites is 3. The summed E-state index contributed by atoms with van der Waals surface area (Å²) in [7, 11) is 0. The van der Waals surface area contributed by atoms with Gasteiger partial charge in [-0.05, 0) is 54.2 Å². The van der Waals surface area contributed by atoms with Crippen molar-refractivity contribution in [3.05, 3.63) is 108 Å². The van der Waals surface area contributed by atoms with E-state index >= 15 is 0 Å². The second-order valence-corrected chi connectivity index (χ2v) is 28.2. The molecule has 0 saturated carbocycles. The number of fused-ring (bicyclic) bond motifs is 3. The Labute approximate surface area is 692 Å². The zero-order chi connectivity index (χ0) is 90.0. The number of carbonyl (C=O) groups is 18. The average molecular weight is 1710 g/mol. The van der Waals surface area contributed by atoms with E-state index in [9.17, 15) is 122 Å². The van der Waals surface area contributed by atoms with Crippen molar-refractivity contribution in [1.29, 1.82) is 0 Å². The maximum Gasteiger partial charge on any atom is 0.328 e. The van der Waals surface area contributed by atoms with Gasteiger partial charge in [0.05, 0.1) is 84.9 Å². The summed E-state index contributed by atoms with van der Waals surface area (Å²) in [5.74, 6) is -21.7. The highest BCUT2D eigenvalue weighted by molar-refractivity contribution is 6.01. The lowest BCUT2D eigenvalue weighted by molar-refractivity contribution is -0.143. The summed E-state index contributed by atoms with van der Waals surface area (Å²) in [5.41, 5.74) is 8.96. The van der Waals surface area contributed by atoms with Gasteiger partial charge >= 0.3 is 11.9 Å². The smallest absolute Gasteiger partial charge is 0.328 e. The number of nitrogens with two attached hydrogens (primary N) is 1. The first-order valence-corrected chi connectivity index (χ1v) is 37.9. The van der Waals surface area contributed by atoms with Gasteiger partial charge in [0, 0.05) is 70.6 Å². The minimum atomic E-state index is -2.06. The zero-order valence-electron chi connectivity index (χ0n) is 66.0. The van der Waals surface area contributed by atoms with Crippen molar-refractivity contribution in [3.8, 4) is 0 Å². The third-order valence-electron chi connectivity index (χ3n) is 18.4. The van der Waals surface area contributed by atoms with Gasteiger partial charge in [-0.3, -0.25) is 81.5 Å². The molecule has 16 amide bonds. The van der Waals surface area contributed by atoms with Gasteiger partial charge in [-0.25, -0.2) is 4.79 Å². The quantitative estimate of drug-likeness (QED) is 0.0169. The number of hydrogen-bond donors (Lipinski definition) is 29. The van der Waals surface area contributed by atoms with Crippen molar-refractivity contribution in [2.75, 3.05) is 72.4 Å². The van der Waals surface area contributed by atoms with Crippen LogP contribution in [0.15, 0.2) is 91.4 Å². The van der Waals surface area contributed by atoms with Gasteiger partial charge in [0.2, 0.25) is 94.5 Å². The van der Waals surface area contributed by atoms with Gasteiger partial charge < -0.3 is 152 Å². The molecule has 47 heteroatoms. The third kappa shape index (κ3) is 29.7. The van der Waals surface area contributed by atoms with Gasteiger partial charge in [-0.2, -0.15) is 0 Å². The van der Waals surface area contributed by atoms with E-state index < -0.39 is 264 Å². The van der Waals surface area contributed by atoms with Gasteiger partial charge in [-0.1, -0.05) is 68.4 Å². The summed E-state index contributed by atoms with van der Waals surface area (Å²) in [4.78, 5) is 248. The lowest BCUT2D eigenvalue weighted by Crippen LogP contribution is -2.61. The maximum atomic E-state index is 14.9.